The molecular formula is C9H16O3. The van der Waals surface area contributed by atoms with Crippen molar-refractivity contribution >= 4 is 5.97 Å². The van der Waals surface area contributed by atoms with Gasteiger partial charge in [-0.05, 0) is 19.8 Å². The molecule has 0 N–H and O–H groups in total. The fourth-order valence-corrected chi connectivity index (χ4v) is 1.38. The van der Waals surface area contributed by atoms with Crippen LogP contribution in [-0.2, 0) is 14.3 Å². The Kier molecular flexibility index (Phi) is 3.09. The average Bonchev–Trinajstić information content (AvgIpc) is 2.35. The molecule has 1 aliphatic heterocycles. The maximum Gasteiger partial charge on any atom is 0.337 e. The highest BCUT2D eigenvalue weighted by Gasteiger charge is 2.35. The molecule has 1 fully saturated rings. The van der Waals surface area contributed by atoms with E-state index in [1.165, 1.54) is 0 Å². The molecule has 0 unspecified atom stereocenters. The molecule has 70 valence electrons. The fraction of sp³-hybridized carbons (Fsp3) is 0.889. The molecule has 0 amide bonds. The van der Waals surface area contributed by atoms with Crippen LogP contribution in [0.4, 0.5) is 0 Å². The van der Waals surface area contributed by atoms with Gasteiger partial charge in [0.15, 0.2) is 6.10 Å². The Morgan fingerprint density at radius 2 is 2.00 bits per heavy atom. The van der Waals surface area contributed by atoms with Crippen LogP contribution >= 0.6 is 0 Å². The largest absolute Gasteiger partial charge is 0.434 e. The maximum atomic E-state index is 11.0. The highest BCUT2D eigenvalue weighted by atomic mass is 16.8. The summed E-state index contributed by atoms with van der Waals surface area (Å²) in [6.45, 7) is 5.88. The smallest absolute Gasteiger partial charge is 0.337 e. The van der Waals surface area contributed by atoms with Crippen LogP contribution in [0, 0.1) is 5.92 Å². The van der Waals surface area contributed by atoms with Crippen LogP contribution in [0.15, 0.2) is 0 Å². The van der Waals surface area contributed by atoms with E-state index in [4.69, 9.17) is 9.47 Å². The van der Waals surface area contributed by atoms with E-state index >= 15 is 0 Å². The topological polar surface area (TPSA) is 35.5 Å². The highest BCUT2D eigenvalue weighted by Crippen LogP contribution is 2.24. The van der Waals surface area contributed by atoms with Crippen molar-refractivity contribution in [2.75, 3.05) is 0 Å². The quantitative estimate of drug-likeness (QED) is 0.608. The second-order valence-electron chi connectivity index (χ2n) is 3.16. The summed E-state index contributed by atoms with van der Waals surface area (Å²) in [4.78, 5) is 11.0. The number of rotatable bonds is 3. The van der Waals surface area contributed by atoms with Crippen molar-refractivity contribution in [2.45, 2.75) is 46.0 Å². The predicted octanol–water partition coefficient (Wildman–Crippen LogP) is 1.71. The first-order valence-electron chi connectivity index (χ1n) is 4.55. The van der Waals surface area contributed by atoms with Crippen molar-refractivity contribution in [3.63, 3.8) is 0 Å². The molecule has 1 heterocycles. The fourth-order valence-electron chi connectivity index (χ4n) is 1.38. The van der Waals surface area contributed by atoms with Crippen molar-refractivity contribution in [2.24, 2.45) is 5.92 Å². The van der Waals surface area contributed by atoms with Gasteiger partial charge in [0.25, 0.3) is 0 Å². The normalized spacial score (nSPS) is 29.5. The summed E-state index contributed by atoms with van der Waals surface area (Å²) < 4.78 is 10.4. The Balaban J connectivity index is 2.49. The third kappa shape index (κ3) is 1.78. The molecule has 0 aromatic carbocycles. The van der Waals surface area contributed by atoms with Gasteiger partial charge >= 0.3 is 5.97 Å². The summed E-state index contributed by atoms with van der Waals surface area (Å²) in [6.07, 6.45) is 1.29. The third-order valence-electron chi connectivity index (χ3n) is 2.34. The van der Waals surface area contributed by atoms with Crippen LogP contribution < -0.4 is 0 Å². The molecule has 1 rings (SSSR count). The summed E-state index contributed by atoms with van der Waals surface area (Å²) in [6, 6.07) is 0. The Bertz CT molecular complexity index is 163. The van der Waals surface area contributed by atoms with Crippen LogP contribution in [0.1, 0.15) is 33.6 Å². The average molecular weight is 172 g/mol. The Morgan fingerprint density at radius 1 is 1.42 bits per heavy atom. The molecule has 0 aromatic rings. The van der Waals surface area contributed by atoms with Crippen molar-refractivity contribution in [1.29, 1.82) is 0 Å². The Hall–Kier alpha value is -0.570. The zero-order valence-electron chi connectivity index (χ0n) is 7.87. The van der Waals surface area contributed by atoms with Crippen LogP contribution in [0.25, 0.3) is 0 Å². The van der Waals surface area contributed by atoms with E-state index in [1.54, 1.807) is 6.92 Å². The number of cyclic esters (lactones) is 1. The van der Waals surface area contributed by atoms with Crippen LogP contribution in [0.5, 0.6) is 0 Å². The zero-order chi connectivity index (χ0) is 9.14. The molecule has 3 heteroatoms. The van der Waals surface area contributed by atoms with E-state index in [2.05, 4.69) is 13.8 Å². The van der Waals surface area contributed by atoms with Gasteiger partial charge in [0.05, 0.1) is 0 Å². The number of ether oxygens (including phenoxy) is 2. The van der Waals surface area contributed by atoms with E-state index in [0.717, 1.165) is 12.8 Å². The molecular weight excluding hydrogens is 156 g/mol. The second-order valence-corrected chi connectivity index (χ2v) is 3.16. The third-order valence-corrected chi connectivity index (χ3v) is 2.34. The monoisotopic (exact) mass is 172 g/mol. The zero-order valence-corrected chi connectivity index (χ0v) is 7.87. The van der Waals surface area contributed by atoms with Gasteiger partial charge in [-0.1, -0.05) is 13.8 Å². The van der Waals surface area contributed by atoms with Gasteiger partial charge in [-0.2, -0.15) is 0 Å². The number of hydrogen-bond acceptors (Lipinski definition) is 3. The molecule has 0 saturated carbocycles. The van der Waals surface area contributed by atoms with Gasteiger partial charge in [0.2, 0.25) is 6.29 Å². The lowest BCUT2D eigenvalue weighted by Gasteiger charge is -2.17. The predicted molar refractivity (Wildman–Crippen MR) is 44.5 cm³/mol. The Morgan fingerprint density at radius 3 is 2.33 bits per heavy atom. The summed E-state index contributed by atoms with van der Waals surface area (Å²) in [5, 5.41) is 0. The molecule has 1 aliphatic rings. The van der Waals surface area contributed by atoms with Crippen molar-refractivity contribution in [1.82, 2.24) is 0 Å². The first-order chi connectivity index (χ1) is 5.69. The van der Waals surface area contributed by atoms with E-state index < -0.39 is 0 Å². The van der Waals surface area contributed by atoms with Gasteiger partial charge < -0.3 is 9.47 Å². The lowest BCUT2D eigenvalue weighted by molar-refractivity contribution is -0.148. The summed E-state index contributed by atoms with van der Waals surface area (Å²) in [5.74, 6) is 0.116. The van der Waals surface area contributed by atoms with Crippen LogP contribution in [0.2, 0.25) is 0 Å². The SMILES string of the molecule is CCC(CC)[C@H]1OC(=O)[C@@H](C)O1. The molecule has 0 spiro atoms. The number of hydrogen-bond donors (Lipinski definition) is 0. The lowest BCUT2D eigenvalue weighted by Crippen LogP contribution is -2.20. The van der Waals surface area contributed by atoms with Gasteiger partial charge in [-0.15, -0.1) is 0 Å². The van der Waals surface area contributed by atoms with E-state index in [0.29, 0.717) is 5.92 Å². The number of carbonyl (C=O) groups excluding carboxylic acids is 1. The van der Waals surface area contributed by atoms with Gasteiger partial charge in [-0.3, -0.25) is 0 Å². The van der Waals surface area contributed by atoms with Gasteiger partial charge in [0, 0.05) is 5.92 Å². The molecule has 1 saturated heterocycles. The lowest BCUT2D eigenvalue weighted by atomic mass is 10.0. The van der Waals surface area contributed by atoms with Crippen molar-refractivity contribution in [3.05, 3.63) is 0 Å². The minimum absolute atomic E-state index is 0.230. The standard InChI is InChI=1S/C9H16O3/c1-4-7(5-2)9-11-6(3)8(10)12-9/h6-7,9H,4-5H2,1-3H3/t6-,9-/m1/s1. The summed E-state index contributed by atoms with van der Waals surface area (Å²) in [7, 11) is 0. The molecule has 12 heavy (non-hydrogen) atoms. The van der Waals surface area contributed by atoms with Crippen molar-refractivity contribution in [3.8, 4) is 0 Å². The summed E-state index contributed by atoms with van der Waals surface area (Å²) in [5.41, 5.74) is 0. The van der Waals surface area contributed by atoms with E-state index in [9.17, 15) is 4.79 Å². The molecule has 0 aromatic heterocycles. The maximum absolute atomic E-state index is 11.0. The van der Waals surface area contributed by atoms with E-state index in [-0.39, 0.29) is 18.4 Å². The number of carbonyl (C=O) groups is 1. The van der Waals surface area contributed by atoms with Crippen molar-refractivity contribution < 1.29 is 14.3 Å². The molecule has 2 atom stereocenters. The van der Waals surface area contributed by atoms with Gasteiger partial charge in [-0.25, -0.2) is 4.79 Å². The Labute approximate surface area is 73.0 Å². The molecule has 3 nitrogen and oxygen atoms in total. The summed E-state index contributed by atoms with van der Waals surface area (Å²) >= 11 is 0. The second kappa shape index (κ2) is 3.90. The molecule has 0 radical (unpaired) electrons. The minimum Gasteiger partial charge on any atom is -0.434 e. The molecule has 0 aliphatic carbocycles. The first kappa shape index (κ1) is 9.52. The molecule has 0 bridgehead atoms. The minimum atomic E-state index is -0.379. The highest BCUT2D eigenvalue weighted by molar-refractivity contribution is 5.75. The first-order valence-corrected chi connectivity index (χ1v) is 4.55. The van der Waals surface area contributed by atoms with Crippen LogP contribution in [-0.4, -0.2) is 18.4 Å². The van der Waals surface area contributed by atoms with E-state index in [1.807, 2.05) is 0 Å². The van der Waals surface area contributed by atoms with Crippen LogP contribution in [0.3, 0.4) is 0 Å². The number of esters is 1. The van der Waals surface area contributed by atoms with Gasteiger partial charge in [0.1, 0.15) is 0 Å².